The van der Waals surface area contributed by atoms with Crippen LogP contribution in [0.3, 0.4) is 0 Å². The number of hydrogen-bond donors (Lipinski definition) is 0. The summed E-state index contributed by atoms with van der Waals surface area (Å²) < 4.78 is 5.51. The predicted octanol–water partition coefficient (Wildman–Crippen LogP) is 4.93. The topological polar surface area (TPSA) is 26.3 Å². The summed E-state index contributed by atoms with van der Waals surface area (Å²) in [5.41, 5.74) is 3.78. The van der Waals surface area contributed by atoms with E-state index in [1.165, 1.54) is 30.4 Å². The maximum absolute atomic E-state index is 12.8. The number of carbonyl (C=O) groups is 1. The van der Waals surface area contributed by atoms with Gasteiger partial charge in [-0.25, -0.2) is 0 Å². The molecular formula is C20H28O2. The van der Waals surface area contributed by atoms with Crippen LogP contribution in [0, 0.1) is 11.3 Å². The molecule has 3 rings (SSSR count). The number of hydrogen-bond acceptors (Lipinski definition) is 2. The van der Waals surface area contributed by atoms with E-state index in [9.17, 15) is 4.79 Å². The van der Waals surface area contributed by atoms with Gasteiger partial charge in [-0.2, -0.15) is 0 Å². The first-order valence-corrected chi connectivity index (χ1v) is 8.58. The molecule has 2 nitrogen and oxygen atoms in total. The number of methoxy groups -OCH3 is 1. The molecule has 0 aliphatic heterocycles. The Balaban J connectivity index is 2.21. The normalized spacial score (nSPS) is 29.7. The summed E-state index contributed by atoms with van der Waals surface area (Å²) in [4.78, 5) is 12.8. The summed E-state index contributed by atoms with van der Waals surface area (Å²) in [5, 5.41) is 0. The average Bonchev–Trinajstić information content (AvgIpc) is 2.48. The monoisotopic (exact) mass is 300 g/mol. The zero-order valence-corrected chi connectivity index (χ0v) is 14.6. The second-order valence-electron chi connectivity index (χ2n) is 8.00. The summed E-state index contributed by atoms with van der Waals surface area (Å²) in [6.45, 7) is 9.23. The Morgan fingerprint density at radius 1 is 1.23 bits per heavy atom. The molecule has 1 aromatic rings. The fraction of sp³-hybridized carbons (Fsp3) is 0.650. The molecule has 0 aromatic heterocycles. The number of aryl methyl sites for hydroxylation is 1. The van der Waals surface area contributed by atoms with Crippen molar-refractivity contribution in [2.75, 3.05) is 7.11 Å². The Bertz CT molecular complexity index is 614. The zero-order chi connectivity index (χ0) is 16.1. The molecule has 0 bridgehead atoms. The van der Waals surface area contributed by atoms with E-state index < -0.39 is 0 Å². The minimum atomic E-state index is 0.126. The quantitative estimate of drug-likeness (QED) is 0.774. The molecule has 0 N–H and O–H groups in total. The van der Waals surface area contributed by atoms with Gasteiger partial charge in [-0.3, -0.25) is 4.79 Å². The van der Waals surface area contributed by atoms with Crippen LogP contribution in [-0.2, 0) is 11.8 Å². The van der Waals surface area contributed by atoms with Crippen molar-refractivity contribution in [3.05, 3.63) is 28.8 Å². The van der Waals surface area contributed by atoms with Crippen molar-refractivity contribution in [3.63, 3.8) is 0 Å². The van der Waals surface area contributed by atoms with E-state index in [4.69, 9.17) is 4.74 Å². The van der Waals surface area contributed by atoms with E-state index in [1.807, 2.05) is 6.07 Å². The van der Waals surface area contributed by atoms with Crippen LogP contribution in [0.4, 0.5) is 0 Å². The van der Waals surface area contributed by atoms with E-state index in [1.54, 1.807) is 7.11 Å². The summed E-state index contributed by atoms with van der Waals surface area (Å²) >= 11 is 0. The van der Waals surface area contributed by atoms with Gasteiger partial charge in [-0.05, 0) is 53.2 Å². The summed E-state index contributed by atoms with van der Waals surface area (Å²) in [5.74, 6) is 1.62. The SMILES string of the molecule is CCc1cc2c(cc1OC)C(=O)C[C@H]1C(C)(C)CCC[C@]21C. The third kappa shape index (κ3) is 2.11. The standard InChI is InChI=1S/C20H28O2/c1-6-13-10-15-14(11-17(13)22-5)16(21)12-18-19(2,3)8-7-9-20(15,18)4/h10-11,18H,6-9,12H2,1-5H3/t18-,20+/m0/s1. The first-order valence-electron chi connectivity index (χ1n) is 8.58. The minimum absolute atomic E-state index is 0.126. The van der Waals surface area contributed by atoms with Crippen LogP contribution >= 0.6 is 0 Å². The third-order valence-electron chi connectivity index (χ3n) is 6.34. The Kier molecular flexibility index (Phi) is 3.62. The Labute approximate surface area is 134 Å². The highest BCUT2D eigenvalue weighted by molar-refractivity contribution is 6.00. The van der Waals surface area contributed by atoms with Gasteiger partial charge in [0.1, 0.15) is 5.75 Å². The van der Waals surface area contributed by atoms with Gasteiger partial charge < -0.3 is 4.74 Å². The molecule has 1 fully saturated rings. The fourth-order valence-corrected chi connectivity index (χ4v) is 5.04. The number of rotatable bonds is 2. The Hall–Kier alpha value is -1.31. The minimum Gasteiger partial charge on any atom is -0.496 e. The maximum atomic E-state index is 12.8. The van der Waals surface area contributed by atoms with Crippen molar-refractivity contribution < 1.29 is 9.53 Å². The molecule has 1 aromatic carbocycles. The molecule has 0 unspecified atom stereocenters. The van der Waals surface area contributed by atoms with Crippen LogP contribution in [0.15, 0.2) is 12.1 Å². The molecule has 0 heterocycles. The summed E-state index contributed by atoms with van der Waals surface area (Å²) in [7, 11) is 1.70. The lowest BCUT2D eigenvalue weighted by Gasteiger charge is -2.54. The number of benzene rings is 1. The van der Waals surface area contributed by atoms with Crippen molar-refractivity contribution in [1.82, 2.24) is 0 Å². The van der Waals surface area contributed by atoms with Crippen LogP contribution in [-0.4, -0.2) is 12.9 Å². The Morgan fingerprint density at radius 2 is 1.95 bits per heavy atom. The molecular weight excluding hydrogens is 272 g/mol. The lowest BCUT2D eigenvalue weighted by Crippen LogP contribution is -2.49. The second kappa shape index (κ2) is 5.11. The summed E-state index contributed by atoms with van der Waals surface area (Å²) in [6.07, 6.45) is 5.30. The van der Waals surface area contributed by atoms with Crippen molar-refractivity contribution >= 4 is 5.78 Å². The molecule has 2 aliphatic rings. The third-order valence-corrected chi connectivity index (χ3v) is 6.34. The van der Waals surface area contributed by atoms with Gasteiger partial charge in [0, 0.05) is 12.0 Å². The highest BCUT2D eigenvalue weighted by Crippen LogP contribution is 2.57. The number of carbonyl (C=O) groups excluding carboxylic acids is 1. The van der Waals surface area contributed by atoms with E-state index in [-0.39, 0.29) is 10.8 Å². The van der Waals surface area contributed by atoms with Gasteiger partial charge in [0.2, 0.25) is 0 Å². The highest BCUT2D eigenvalue weighted by atomic mass is 16.5. The van der Waals surface area contributed by atoms with E-state index in [2.05, 4.69) is 33.8 Å². The van der Waals surface area contributed by atoms with Crippen LogP contribution in [0.2, 0.25) is 0 Å². The van der Waals surface area contributed by atoms with Gasteiger partial charge in [-0.1, -0.05) is 40.2 Å². The van der Waals surface area contributed by atoms with Gasteiger partial charge in [0.25, 0.3) is 0 Å². The Morgan fingerprint density at radius 3 is 2.59 bits per heavy atom. The largest absolute Gasteiger partial charge is 0.496 e. The van der Waals surface area contributed by atoms with Gasteiger partial charge in [0.05, 0.1) is 7.11 Å². The molecule has 0 radical (unpaired) electrons. The molecule has 0 spiro atoms. The van der Waals surface area contributed by atoms with Crippen molar-refractivity contribution in [3.8, 4) is 5.75 Å². The predicted molar refractivity (Wildman–Crippen MR) is 89.8 cm³/mol. The van der Waals surface area contributed by atoms with Crippen molar-refractivity contribution in [1.29, 1.82) is 0 Å². The molecule has 0 amide bonds. The van der Waals surface area contributed by atoms with E-state index >= 15 is 0 Å². The molecule has 2 aliphatic carbocycles. The number of ketones is 1. The summed E-state index contributed by atoms with van der Waals surface area (Å²) in [6, 6.07) is 4.26. The molecule has 0 saturated heterocycles. The van der Waals surface area contributed by atoms with Crippen molar-refractivity contribution in [2.45, 2.75) is 65.2 Å². The molecule has 2 heteroatoms. The van der Waals surface area contributed by atoms with Crippen molar-refractivity contribution in [2.24, 2.45) is 11.3 Å². The van der Waals surface area contributed by atoms with Gasteiger partial charge >= 0.3 is 0 Å². The molecule has 2 atom stereocenters. The van der Waals surface area contributed by atoms with Gasteiger partial charge in [-0.15, -0.1) is 0 Å². The highest BCUT2D eigenvalue weighted by Gasteiger charge is 2.51. The fourth-order valence-electron chi connectivity index (χ4n) is 5.04. The number of fused-ring (bicyclic) bond motifs is 3. The first kappa shape index (κ1) is 15.6. The lowest BCUT2D eigenvalue weighted by molar-refractivity contribution is 0.0368. The van der Waals surface area contributed by atoms with E-state index in [0.29, 0.717) is 18.1 Å². The molecule has 1 saturated carbocycles. The second-order valence-corrected chi connectivity index (χ2v) is 8.00. The van der Waals surface area contributed by atoms with E-state index in [0.717, 1.165) is 17.7 Å². The van der Waals surface area contributed by atoms with Crippen LogP contribution in [0.1, 0.15) is 74.9 Å². The average molecular weight is 300 g/mol. The zero-order valence-electron chi connectivity index (χ0n) is 14.6. The van der Waals surface area contributed by atoms with Crippen LogP contribution in [0.25, 0.3) is 0 Å². The molecule has 120 valence electrons. The number of Topliss-reactive ketones (excluding diaryl/α,β-unsaturated/α-hetero) is 1. The molecule has 22 heavy (non-hydrogen) atoms. The maximum Gasteiger partial charge on any atom is 0.163 e. The lowest BCUT2D eigenvalue weighted by atomic mass is 9.50. The first-order chi connectivity index (χ1) is 10.3. The van der Waals surface area contributed by atoms with Crippen LogP contribution < -0.4 is 4.74 Å². The van der Waals surface area contributed by atoms with Crippen LogP contribution in [0.5, 0.6) is 5.75 Å². The van der Waals surface area contributed by atoms with Gasteiger partial charge in [0.15, 0.2) is 5.78 Å². The smallest absolute Gasteiger partial charge is 0.163 e. The number of ether oxygens (including phenoxy) is 1.